The molecule has 0 radical (unpaired) electrons. The van der Waals surface area contributed by atoms with Crippen LogP contribution in [-0.2, 0) is 0 Å². The van der Waals surface area contributed by atoms with Crippen LogP contribution in [0, 0.1) is 5.92 Å². The Kier molecular flexibility index (Phi) is 7.20. The molecule has 0 saturated carbocycles. The Labute approximate surface area is 90.3 Å². The first-order chi connectivity index (χ1) is 6.61. The lowest BCUT2D eigenvalue weighted by Crippen LogP contribution is -2.41. The molecule has 1 aliphatic heterocycles. The summed E-state index contributed by atoms with van der Waals surface area (Å²) in [6.45, 7) is 12.4. The highest BCUT2D eigenvalue weighted by atomic mass is 15.2. The van der Waals surface area contributed by atoms with Crippen LogP contribution < -0.4 is 0 Å². The minimum absolute atomic E-state index is 0.748. The van der Waals surface area contributed by atoms with Gasteiger partial charge in [-0.3, -0.25) is 0 Å². The second kappa shape index (κ2) is 7.24. The molecule has 1 fully saturated rings. The predicted octanol–water partition coefficient (Wildman–Crippen LogP) is 2.30. The molecule has 0 N–H and O–H groups in total. The van der Waals surface area contributed by atoms with Gasteiger partial charge in [0.15, 0.2) is 0 Å². The first-order valence-corrected chi connectivity index (χ1v) is 6.00. The van der Waals surface area contributed by atoms with Gasteiger partial charge in [-0.2, -0.15) is 0 Å². The van der Waals surface area contributed by atoms with Crippen molar-refractivity contribution in [2.24, 2.45) is 5.92 Å². The highest BCUT2D eigenvalue weighted by Crippen LogP contribution is 2.13. The van der Waals surface area contributed by atoms with Crippen molar-refractivity contribution in [3.05, 3.63) is 0 Å². The van der Waals surface area contributed by atoms with Gasteiger partial charge in [-0.25, -0.2) is 0 Å². The van der Waals surface area contributed by atoms with Crippen molar-refractivity contribution in [1.29, 1.82) is 0 Å². The third kappa shape index (κ3) is 4.43. The second-order valence-corrected chi connectivity index (χ2v) is 4.41. The summed E-state index contributed by atoms with van der Waals surface area (Å²) in [6.07, 6.45) is 1.32. The van der Waals surface area contributed by atoms with Crippen molar-refractivity contribution in [3.8, 4) is 0 Å². The summed E-state index contributed by atoms with van der Waals surface area (Å²) in [5.74, 6) is 0.774. The van der Waals surface area contributed by atoms with Gasteiger partial charge in [0.1, 0.15) is 0 Å². The standard InChI is InChI=1S/C10H22N2.C2H6/c1-9(2)10-8-11(3)6-5-7-12(10)4;1-2/h9-10H,5-8H2,1-4H3;1-2H3. The zero-order chi connectivity index (χ0) is 11.1. The van der Waals surface area contributed by atoms with Crippen LogP contribution in [-0.4, -0.2) is 49.6 Å². The predicted molar refractivity (Wildman–Crippen MR) is 64.7 cm³/mol. The van der Waals surface area contributed by atoms with E-state index in [1.807, 2.05) is 13.8 Å². The average Bonchev–Trinajstić information content (AvgIpc) is 2.31. The van der Waals surface area contributed by atoms with Gasteiger partial charge in [0.25, 0.3) is 0 Å². The van der Waals surface area contributed by atoms with E-state index in [0.717, 1.165) is 12.0 Å². The minimum Gasteiger partial charge on any atom is -0.305 e. The van der Waals surface area contributed by atoms with Crippen LogP contribution in [0.5, 0.6) is 0 Å². The lowest BCUT2D eigenvalue weighted by atomic mass is 10.0. The van der Waals surface area contributed by atoms with E-state index in [-0.39, 0.29) is 0 Å². The van der Waals surface area contributed by atoms with E-state index >= 15 is 0 Å². The molecule has 14 heavy (non-hydrogen) atoms. The molecule has 86 valence electrons. The topological polar surface area (TPSA) is 6.48 Å². The number of likely N-dealkylation sites (N-methyl/N-ethyl adjacent to an activating group) is 2. The van der Waals surface area contributed by atoms with Gasteiger partial charge in [0, 0.05) is 12.6 Å². The van der Waals surface area contributed by atoms with E-state index in [1.165, 1.54) is 26.1 Å². The van der Waals surface area contributed by atoms with Gasteiger partial charge in [-0.1, -0.05) is 27.7 Å². The van der Waals surface area contributed by atoms with Crippen LogP contribution in [0.15, 0.2) is 0 Å². The summed E-state index contributed by atoms with van der Waals surface area (Å²) < 4.78 is 0. The van der Waals surface area contributed by atoms with Crippen molar-refractivity contribution in [2.75, 3.05) is 33.7 Å². The molecular formula is C12H28N2. The molecule has 2 nitrogen and oxygen atoms in total. The average molecular weight is 200 g/mol. The molecule has 1 rings (SSSR count). The van der Waals surface area contributed by atoms with Crippen LogP contribution in [0.4, 0.5) is 0 Å². The number of nitrogens with zero attached hydrogens (tertiary/aromatic N) is 2. The third-order valence-corrected chi connectivity index (χ3v) is 2.89. The van der Waals surface area contributed by atoms with E-state index < -0.39 is 0 Å². The Hall–Kier alpha value is -0.0800. The molecule has 1 heterocycles. The first-order valence-electron chi connectivity index (χ1n) is 6.00. The molecule has 0 aromatic rings. The SMILES string of the molecule is CC.CC(C)C1CN(C)CCCN1C. The smallest absolute Gasteiger partial charge is 0.0242 e. The largest absolute Gasteiger partial charge is 0.305 e. The van der Waals surface area contributed by atoms with Crippen LogP contribution in [0.25, 0.3) is 0 Å². The summed E-state index contributed by atoms with van der Waals surface area (Å²) in [7, 11) is 4.48. The Balaban J connectivity index is 0.000000791. The molecule has 0 spiro atoms. The fraction of sp³-hybridized carbons (Fsp3) is 1.00. The van der Waals surface area contributed by atoms with Gasteiger partial charge in [0.2, 0.25) is 0 Å². The normalized spacial score (nSPS) is 25.5. The molecule has 0 amide bonds. The lowest BCUT2D eigenvalue weighted by Gasteiger charge is -2.30. The zero-order valence-corrected chi connectivity index (χ0v) is 10.9. The maximum atomic E-state index is 2.51. The highest BCUT2D eigenvalue weighted by Gasteiger charge is 2.22. The minimum atomic E-state index is 0.748. The van der Waals surface area contributed by atoms with Gasteiger partial charge >= 0.3 is 0 Å². The van der Waals surface area contributed by atoms with Gasteiger partial charge in [0.05, 0.1) is 0 Å². The Morgan fingerprint density at radius 3 is 2.14 bits per heavy atom. The summed E-state index contributed by atoms with van der Waals surface area (Å²) in [5, 5.41) is 0. The highest BCUT2D eigenvalue weighted by molar-refractivity contribution is 4.78. The third-order valence-electron chi connectivity index (χ3n) is 2.89. The number of rotatable bonds is 1. The molecule has 1 saturated heterocycles. The zero-order valence-electron chi connectivity index (χ0n) is 10.9. The summed E-state index contributed by atoms with van der Waals surface area (Å²) in [4.78, 5) is 4.96. The Morgan fingerprint density at radius 2 is 1.64 bits per heavy atom. The van der Waals surface area contributed by atoms with Gasteiger partial charge in [-0.05, 0) is 39.5 Å². The van der Waals surface area contributed by atoms with Crippen molar-refractivity contribution < 1.29 is 0 Å². The van der Waals surface area contributed by atoms with Gasteiger partial charge < -0.3 is 9.80 Å². The lowest BCUT2D eigenvalue weighted by molar-refractivity contribution is 0.178. The first kappa shape index (κ1) is 13.9. The van der Waals surface area contributed by atoms with E-state index in [2.05, 4.69) is 37.7 Å². The summed E-state index contributed by atoms with van der Waals surface area (Å²) in [6, 6.07) is 0.748. The Bertz CT molecular complexity index is 134. The quantitative estimate of drug-likeness (QED) is 0.641. The van der Waals surface area contributed by atoms with Crippen molar-refractivity contribution >= 4 is 0 Å². The molecule has 0 bridgehead atoms. The fourth-order valence-electron chi connectivity index (χ4n) is 2.03. The van der Waals surface area contributed by atoms with E-state index in [9.17, 15) is 0 Å². The molecule has 1 unspecified atom stereocenters. The number of hydrogen-bond donors (Lipinski definition) is 0. The molecule has 0 aromatic carbocycles. The van der Waals surface area contributed by atoms with Crippen LogP contribution in [0.3, 0.4) is 0 Å². The fourth-order valence-corrected chi connectivity index (χ4v) is 2.03. The van der Waals surface area contributed by atoms with E-state index in [0.29, 0.717) is 0 Å². The van der Waals surface area contributed by atoms with Crippen LogP contribution in [0.2, 0.25) is 0 Å². The second-order valence-electron chi connectivity index (χ2n) is 4.41. The van der Waals surface area contributed by atoms with Gasteiger partial charge in [-0.15, -0.1) is 0 Å². The van der Waals surface area contributed by atoms with Crippen molar-refractivity contribution in [2.45, 2.75) is 40.2 Å². The summed E-state index contributed by atoms with van der Waals surface area (Å²) >= 11 is 0. The maximum absolute atomic E-state index is 2.51. The van der Waals surface area contributed by atoms with Crippen LogP contribution >= 0.6 is 0 Å². The molecular weight excluding hydrogens is 172 g/mol. The number of hydrogen-bond acceptors (Lipinski definition) is 2. The molecule has 0 aromatic heterocycles. The molecule has 1 aliphatic rings. The summed E-state index contributed by atoms with van der Waals surface area (Å²) in [5.41, 5.74) is 0. The van der Waals surface area contributed by atoms with E-state index in [1.54, 1.807) is 0 Å². The van der Waals surface area contributed by atoms with E-state index in [4.69, 9.17) is 0 Å². The Morgan fingerprint density at radius 1 is 1.07 bits per heavy atom. The maximum Gasteiger partial charge on any atom is 0.0242 e. The molecule has 2 heteroatoms. The molecule has 0 aliphatic carbocycles. The van der Waals surface area contributed by atoms with Crippen molar-refractivity contribution in [3.63, 3.8) is 0 Å². The van der Waals surface area contributed by atoms with Crippen LogP contribution in [0.1, 0.15) is 34.1 Å². The monoisotopic (exact) mass is 200 g/mol. The van der Waals surface area contributed by atoms with Crippen molar-refractivity contribution in [1.82, 2.24) is 9.80 Å². The molecule has 1 atom stereocenters.